The molecule has 168 valence electrons. The highest BCUT2D eigenvalue weighted by molar-refractivity contribution is 5.77. The minimum atomic E-state index is -0.815. The van der Waals surface area contributed by atoms with Crippen LogP contribution < -0.4 is 11.1 Å². The molecule has 1 aromatic rings. The van der Waals surface area contributed by atoms with Gasteiger partial charge in [0.1, 0.15) is 5.82 Å². The number of nitro groups is 1. The van der Waals surface area contributed by atoms with Crippen molar-refractivity contribution in [1.29, 1.82) is 0 Å². The molecule has 0 bridgehead atoms. The third kappa shape index (κ3) is 5.16. The molecule has 2 aliphatic rings. The van der Waals surface area contributed by atoms with Gasteiger partial charge in [0.15, 0.2) is 0 Å². The van der Waals surface area contributed by atoms with E-state index in [1.807, 2.05) is 11.5 Å². The summed E-state index contributed by atoms with van der Waals surface area (Å²) < 4.78 is 2.04. The summed E-state index contributed by atoms with van der Waals surface area (Å²) in [6, 6.07) is -1.18. The van der Waals surface area contributed by atoms with Crippen molar-refractivity contribution in [2.24, 2.45) is 5.73 Å². The minimum Gasteiger partial charge on any atom is -0.390 e. The molecule has 2 aliphatic carbocycles. The predicted molar refractivity (Wildman–Crippen MR) is 109 cm³/mol. The number of carbonyl (C=O) groups excluding carboxylic acids is 1. The molecule has 0 spiro atoms. The number of amides is 1. The molecule has 2 saturated carbocycles. The summed E-state index contributed by atoms with van der Waals surface area (Å²) >= 11 is 0. The predicted octanol–water partition coefficient (Wildman–Crippen LogP) is 0.986. The maximum atomic E-state index is 12.5. The van der Waals surface area contributed by atoms with Crippen LogP contribution in [0.1, 0.15) is 81.8 Å². The summed E-state index contributed by atoms with van der Waals surface area (Å²) in [5.74, 6) is 0.673. The van der Waals surface area contributed by atoms with Crippen LogP contribution in [-0.2, 0) is 11.3 Å². The number of carbonyl (C=O) groups is 1. The third-order valence-corrected chi connectivity index (χ3v) is 6.53. The number of hydrogen-bond acceptors (Lipinski definition) is 7. The van der Waals surface area contributed by atoms with Crippen molar-refractivity contribution >= 4 is 5.91 Å². The van der Waals surface area contributed by atoms with E-state index in [0.717, 1.165) is 18.5 Å². The van der Waals surface area contributed by atoms with Crippen LogP contribution in [0.15, 0.2) is 6.20 Å². The molecule has 0 radical (unpaired) electrons. The molecule has 4 atom stereocenters. The fourth-order valence-corrected chi connectivity index (χ4v) is 4.79. The van der Waals surface area contributed by atoms with Crippen LogP contribution in [0.4, 0.5) is 0 Å². The molecule has 10 nitrogen and oxygen atoms in total. The minimum absolute atomic E-state index is 0.0830. The van der Waals surface area contributed by atoms with Gasteiger partial charge in [0, 0.05) is 54.6 Å². The molecule has 1 aromatic heterocycles. The first kappa shape index (κ1) is 22.6. The molecule has 1 heterocycles. The van der Waals surface area contributed by atoms with Gasteiger partial charge in [-0.3, -0.25) is 14.9 Å². The van der Waals surface area contributed by atoms with E-state index in [1.165, 1.54) is 0 Å². The number of aliphatic hydroxyl groups is 2. The summed E-state index contributed by atoms with van der Waals surface area (Å²) in [6.45, 7) is 2.67. The number of nitrogens with one attached hydrogen (secondary N) is 1. The van der Waals surface area contributed by atoms with Gasteiger partial charge < -0.3 is 25.8 Å². The number of imidazole rings is 1. The van der Waals surface area contributed by atoms with Crippen molar-refractivity contribution < 1.29 is 19.9 Å². The SMILES string of the molecule is CCn1c(C2CCC([N+](=O)[O-])CC2)cnc1[C@@H](N)CC(=O)NC1CCC(O)C(O)C1. The molecule has 0 aliphatic heterocycles. The van der Waals surface area contributed by atoms with E-state index in [9.17, 15) is 25.1 Å². The molecule has 0 aromatic carbocycles. The maximum absolute atomic E-state index is 12.5. The van der Waals surface area contributed by atoms with E-state index in [2.05, 4.69) is 10.3 Å². The quantitative estimate of drug-likeness (QED) is 0.376. The molecule has 5 N–H and O–H groups in total. The van der Waals surface area contributed by atoms with Gasteiger partial charge in [-0.2, -0.15) is 0 Å². The van der Waals surface area contributed by atoms with Gasteiger partial charge in [0.05, 0.1) is 18.2 Å². The van der Waals surface area contributed by atoms with Crippen molar-refractivity contribution in [2.45, 2.75) is 101 Å². The Bertz CT molecular complexity index is 746. The van der Waals surface area contributed by atoms with Crippen LogP contribution in [0.3, 0.4) is 0 Å². The second-order valence-electron chi connectivity index (χ2n) is 8.60. The van der Waals surface area contributed by atoms with Crippen molar-refractivity contribution in [3.8, 4) is 0 Å². The van der Waals surface area contributed by atoms with E-state index in [-0.39, 0.29) is 29.2 Å². The van der Waals surface area contributed by atoms with Gasteiger partial charge in [-0.05, 0) is 39.0 Å². The van der Waals surface area contributed by atoms with E-state index in [0.29, 0.717) is 44.5 Å². The number of hydrogen-bond donors (Lipinski definition) is 4. The zero-order valence-electron chi connectivity index (χ0n) is 17.4. The lowest BCUT2D eigenvalue weighted by atomic mass is 9.84. The third-order valence-electron chi connectivity index (χ3n) is 6.53. The van der Waals surface area contributed by atoms with Crippen LogP contribution in [0.5, 0.6) is 0 Å². The molecule has 3 rings (SSSR count). The molecule has 2 fully saturated rings. The Morgan fingerprint density at radius 2 is 2.00 bits per heavy atom. The molecule has 30 heavy (non-hydrogen) atoms. The fraction of sp³-hybridized carbons (Fsp3) is 0.800. The Morgan fingerprint density at radius 3 is 2.60 bits per heavy atom. The number of nitrogens with zero attached hydrogens (tertiary/aromatic N) is 3. The van der Waals surface area contributed by atoms with E-state index < -0.39 is 24.3 Å². The van der Waals surface area contributed by atoms with Crippen LogP contribution in [0.25, 0.3) is 0 Å². The van der Waals surface area contributed by atoms with Gasteiger partial charge in [0.2, 0.25) is 11.9 Å². The number of rotatable bonds is 7. The highest BCUT2D eigenvalue weighted by Crippen LogP contribution is 2.35. The van der Waals surface area contributed by atoms with E-state index in [4.69, 9.17) is 5.73 Å². The maximum Gasteiger partial charge on any atom is 0.222 e. The summed E-state index contributed by atoms with van der Waals surface area (Å²) in [7, 11) is 0. The largest absolute Gasteiger partial charge is 0.390 e. The zero-order valence-corrected chi connectivity index (χ0v) is 17.4. The lowest BCUT2D eigenvalue weighted by molar-refractivity contribution is -0.526. The van der Waals surface area contributed by atoms with E-state index >= 15 is 0 Å². The Morgan fingerprint density at radius 1 is 1.30 bits per heavy atom. The van der Waals surface area contributed by atoms with Gasteiger partial charge in [-0.25, -0.2) is 4.98 Å². The number of nitrogens with two attached hydrogens (primary N) is 1. The number of aliphatic hydroxyl groups excluding tert-OH is 2. The van der Waals surface area contributed by atoms with E-state index in [1.54, 1.807) is 6.20 Å². The molecule has 10 heteroatoms. The summed E-state index contributed by atoms with van der Waals surface area (Å²) in [5.41, 5.74) is 7.35. The first-order valence-corrected chi connectivity index (χ1v) is 10.9. The first-order chi connectivity index (χ1) is 14.3. The summed E-state index contributed by atoms with van der Waals surface area (Å²) in [5, 5.41) is 33.3. The molecular formula is C20H33N5O5. The van der Waals surface area contributed by atoms with Gasteiger partial charge in [-0.1, -0.05) is 0 Å². The van der Waals surface area contributed by atoms with Crippen molar-refractivity contribution in [1.82, 2.24) is 14.9 Å². The molecule has 1 amide bonds. The second-order valence-corrected chi connectivity index (χ2v) is 8.60. The highest BCUT2D eigenvalue weighted by atomic mass is 16.6. The van der Waals surface area contributed by atoms with Crippen molar-refractivity contribution in [3.63, 3.8) is 0 Å². The Balaban J connectivity index is 1.59. The lowest BCUT2D eigenvalue weighted by Gasteiger charge is -2.30. The van der Waals surface area contributed by atoms with Crippen LogP contribution in [0.2, 0.25) is 0 Å². The fourth-order valence-electron chi connectivity index (χ4n) is 4.79. The first-order valence-electron chi connectivity index (χ1n) is 10.9. The Hall–Kier alpha value is -2.04. The highest BCUT2D eigenvalue weighted by Gasteiger charge is 2.32. The summed E-state index contributed by atoms with van der Waals surface area (Å²) in [6.07, 6.45) is 4.40. The topological polar surface area (TPSA) is 157 Å². The molecule has 0 saturated heterocycles. The average Bonchev–Trinajstić information content (AvgIpc) is 3.15. The monoisotopic (exact) mass is 423 g/mol. The smallest absolute Gasteiger partial charge is 0.222 e. The van der Waals surface area contributed by atoms with Gasteiger partial charge in [-0.15, -0.1) is 0 Å². The Labute approximate surface area is 176 Å². The van der Waals surface area contributed by atoms with Crippen molar-refractivity contribution in [3.05, 3.63) is 27.8 Å². The normalized spacial score (nSPS) is 30.6. The number of aromatic nitrogens is 2. The van der Waals surface area contributed by atoms with Crippen molar-refractivity contribution in [2.75, 3.05) is 0 Å². The zero-order chi connectivity index (χ0) is 21.8. The molecular weight excluding hydrogens is 390 g/mol. The molecule has 3 unspecified atom stereocenters. The Kier molecular flexibility index (Phi) is 7.43. The van der Waals surface area contributed by atoms with Gasteiger partial charge in [0.25, 0.3) is 0 Å². The lowest BCUT2D eigenvalue weighted by Crippen LogP contribution is -2.45. The van der Waals surface area contributed by atoms with Crippen LogP contribution >= 0.6 is 0 Å². The van der Waals surface area contributed by atoms with Crippen LogP contribution in [0, 0.1) is 10.1 Å². The standard InChI is InChI=1S/C20H33N5O5/c1-2-24-16(12-3-6-14(7-4-12)25(29)30)11-22-20(24)15(21)10-19(28)23-13-5-8-17(26)18(27)9-13/h11-15,17-18,26-27H,2-10,21H2,1H3,(H,23,28)/t12?,13?,14?,15-,17?,18?/m0/s1. The second kappa shape index (κ2) is 9.84. The van der Waals surface area contributed by atoms with Crippen LogP contribution in [-0.4, -0.2) is 54.9 Å². The summed E-state index contributed by atoms with van der Waals surface area (Å²) in [4.78, 5) is 27.8. The average molecular weight is 424 g/mol. The van der Waals surface area contributed by atoms with Gasteiger partial charge >= 0.3 is 0 Å².